The van der Waals surface area contributed by atoms with Gasteiger partial charge in [0.2, 0.25) is 0 Å². The highest BCUT2D eigenvalue weighted by Crippen LogP contribution is 2.23. The van der Waals surface area contributed by atoms with Crippen LogP contribution < -0.4 is 5.32 Å². The van der Waals surface area contributed by atoms with E-state index in [9.17, 15) is 4.79 Å². The normalized spacial score (nSPS) is 15.6. The highest BCUT2D eigenvalue weighted by Gasteiger charge is 2.18. The summed E-state index contributed by atoms with van der Waals surface area (Å²) < 4.78 is 2.83. The molecule has 0 unspecified atom stereocenters. The first-order chi connectivity index (χ1) is 11.1. The fourth-order valence-electron chi connectivity index (χ4n) is 3.20. The van der Waals surface area contributed by atoms with Crippen molar-refractivity contribution in [2.45, 2.75) is 39.0 Å². The van der Waals surface area contributed by atoms with E-state index < -0.39 is 0 Å². The number of carbonyl (C=O) groups is 1. The molecule has 1 heterocycles. The standard InChI is InChI=1S/C18H22BrN3O/c1-13-17(18(23)20-11-14-5-3-2-4-6-14)12-21-22(13)16-9-7-15(19)8-10-16/h7-10,12,14H,2-6,11H2,1H3,(H,20,23). The van der Waals surface area contributed by atoms with Crippen LogP contribution in [0.15, 0.2) is 34.9 Å². The molecule has 1 aliphatic rings. The first kappa shape index (κ1) is 16.2. The topological polar surface area (TPSA) is 46.9 Å². The van der Waals surface area contributed by atoms with Gasteiger partial charge in [0.1, 0.15) is 0 Å². The summed E-state index contributed by atoms with van der Waals surface area (Å²) in [5, 5.41) is 7.46. The van der Waals surface area contributed by atoms with Crippen molar-refractivity contribution in [1.82, 2.24) is 15.1 Å². The number of benzene rings is 1. The minimum absolute atomic E-state index is 0.0172. The van der Waals surface area contributed by atoms with Crippen LogP contribution in [0.5, 0.6) is 0 Å². The Labute approximate surface area is 145 Å². The van der Waals surface area contributed by atoms with Gasteiger partial charge in [-0.25, -0.2) is 4.68 Å². The number of halogens is 1. The van der Waals surface area contributed by atoms with E-state index in [0.717, 1.165) is 22.4 Å². The fraction of sp³-hybridized carbons (Fsp3) is 0.444. The molecule has 1 aliphatic carbocycles. The van der Waals surface area contributed by atoms with Crippen molar-refractivity contribution in [1.29, 1.82) is 0 Å². The molecule has 1 amide bonds. The van der Waals surface area contributed by atoms with E-state index in [1.54, 1.807) is 6.20 Å². The molecule has 0 atom stereocenters. The van der Waals surface area contributed by atoms with Gasteiger partial charge in [-0.15, -0.1) is 0 Å². The maximum Gasteiger partial charge on any atom is 0.254 e. The van der Waals surface area contributed by atoms with Gasteiger partial charge in [-0.2, -0.15) is 5.10 Å². The van der Waals surface area contributed by atoms with Crippen LogP contribution in [-0.4, -0.2) is 22.2 Å². The predicted molar refractivity (Wildman–Crippen MR) is 94.9 cm³/mol. The molecule has 1 N–H and O–H groups in total. The zero-order chi connectivity index (χ0) is 16.2. The van der Waals surface area contributed by atoms with Crippen molar-refractivity contribution in [3.8, 4) is 5.69 Å². The number of nitrogens with one attached hydrogen (secondary N) is 1. The summed E-state index contributed by atoms with van der Waals surface area (Å²) in [7, 11) is 0. The molecule has 3 rings (SSSR count). The average Bonchev–Trinajstić information content (AvgIpc) is 2.96. The molecule has 0 bridgehead atoms. The maximum atomic E-state index is 12.4. The van der Waals surface area contributed by atoms with Crippen molar-refractivity contribution >= 4 is 21.8 Å². The second kappa shape index (κ2) is 7.30. The summed E-state index contributed by atoms with van der Waals surface area (Å²) in [5.41, 5.74) is 2.48. The van der Waals surface area contributed by atoms with Crippen molar-refractivity contribution < 1.29 is 4.79 Å². The Balaban J connectivity index is 1.68. The molecule has 122 valence electrons. The van der Waals surface area contributed by atoms with Gasteiger partial charge in [0, 0.05) is 11.0 Å². The second-order valence-electron chi connectivity index (χ2n) is 6.25. The third kappa shape index (κ3) is 3.83. The Bertz CT molecular complexity index is 672. The molecular formula is C18H22BrN3O. The summed E-state index contributed by atoms with van der Waals surface area (Å²) in [6.07, 6.45) is 8.05. The quantitative estimate of drug-likeness (QED) is 0.867. The van der Waals surface area contributed by atoms with Crippen LogP contribution in [0, 0.1) is 12.8 Å². The summed E-state index contributed by atoms with van der Waals surface area (Å²) in [4.78, 5) is 12.4. The average molecular weight is 376 g/mol. The minimum Gasteiger partial charge on any atom is -0.352 e. The van der Waals surface area contributed by atoms with E-state index in [2.05, 4.69) is 26.3 Å². The first-order valence-electron chi connectivity index (χ1n) is 8.24. The highest BCUT2D eigenvalue weighted by molar-refractivity contribution is 9.10. The lowest BCUT2D eigenvalue weighted by molar-refractivity contribution is 0.0943. The summed E-state index contributed by atoms with van der Waals surface area (Å²) in [6.45, 7) is 2.71. The smallest absolute Gasteiger partial charge is 0.254 e. The van der Waals surface area contributed by atoms with E-state index in [-0.39, 0.29) is 5.91 Å². The first-order valence-corrected chi connectivity index (χ1v) is 9.03. The number of hydrogen-bond donors (Lipinski definition) is 1. The largest absolute Gasteiger partial charge is 0.352 e. The summed E-state index contributed by atoms with van der Waals surface area (Å²) in [5.74, 6) is 0.617. The van der Waals surface area contributed by atoms with E-state index in [1.807, 2.05) is 35.9 Å². The van der Waals surface area contributed by atoms with Crippen molar-refractivity contribution in [2.75, 3.05) is 6.54 Å². The highest BCUT2D eigenvalue weighted by atomic mass is 79.9. The fourth-order valence-corrected chi connectivity index (χ4v) is 3.46. The van der Waals surface area contributed by atoms with Crippen molar-refractivity contribution in [3.05, 3.63) is 46.2 Å². The monoisotopic (exact) mass is 375 g/mol. The molecule has 1 saturated carbocycles. The van der Waals surface area contributed by atoms with Crippen molar-refractivity contribution in [2.24, 2.45) is 5.92 Å². The molecule has 0 spiro atoms. The molecule has 0 aliphatic heterocycles. The van der Waals surface area contributed by atoms with Gasteiger partial charge in [-0.3, -0.25) is 4.79 Å². The van der Waals surface area contributed by atoms with Gasteiger partial charge < -0.3 is 5.32 Å². The van der Waals surface area contributed by atoms with E-state index in [1.165, 1.54) is 32.1 Å². The van der Waals surface area contributed by atoms with Gasteiger partial charge in [0.25, 0.3) is 5.91 Å². The minimum atomic E-state index is -0.0172. The third-order valence-electron chi connectivity index (χ3n) is 4.60. The second-order valence-corrected chi connectivity index (χ2v) is 7.16. The number of rotatable bonds is 4. The van der Waals surface area contributed by atoms with Crippen LogP contribution in [0.1, 0.15) is 48.2 Å². The number of aromatic nitrogens is 2. The van der Waals surface area contributed by atoms with Gasteiger partial charge >= 0.3 is 0 Å². The lowest BCUT2D eigenvalue weighted by atomic mass is 9.89. The van der Waals surface area contributed by atoms with Crippen molar-refractivity contribution in [3.63, 3.8) is 0 Å². The zero-order valence-corrected chi connectivity index (χ0v) is 15.0. The predicted octanol–water partition coefficient (Wildman–Crippen LogP) is 4.25. The SMILES string of the molecule is Cc1c(C(=O)NCC2CCCCC2)cnn1-c1ccc(Br)cc1. The van der Waals surface area contributed by atoms with Crippen LogP contribution in [0.4, 0.5) is 0 Å². The Hall–Kier alpha value is -1.62. The third-order valence-corrected chi connectivity index (χ3v) is 5.13. The van der Waals surface area contributed by atoms with Crippen LogP contribution in [0.2, 0.25) is 0 Å². The lowest BCUT2D eigenvalue weighted by Gasteiger charge is -2.21. The van der Waals surface area contributed by atoms with Crippen LogP contribution in [0.3, 0.4) is 0 Å². The van der Waals surface area contributed by atoms with Crippen LogP contribution >= 0.6 is 15.9 Å². The summed E-state index contributed by atoms with van der Waals surface area (Å²) in [6, 6.07) is 7.90. The molecule has 2 aromatic rings. The van der Waals surface area contributed by atoms with Gasteiger partial charge in [-0.05, 0) is 49.9 Å². The number of nitrogens with zero attached hydrogens (tertiary/aromatic N) is 2. The van der Waals surface area contributed by atoms with Crippen LogP contribution in [0.25, 0.3) is 5.69 Å². The Morgan fingerprint density at radius 3 is 2.65 bits per heavy atom. The molecule has 0 saturated heterocycles. The van der Waals surface area contributed by atoms with Gasteiger partial charge in [0.05, 0.1) is 23.1 Å². The number of hydrogen-bond acceptors (Lipinski definition) is 2. The Morgan fingerprint density at radius 2 is 1.96 bits per heavy atom. The number of amides is 1. The number of carbonyl (C=O) groups excluding carboxylic acids is 1. The van der Waals surface area contributed by atoms with Gasteiger partial charge in [-0.1, -0.05) is 35.2 Å². The molecule has 4 nitrogen and oxygen atoms in total. The van der Waals surface area contributed by atoms with Gasteiger partial charge in [0.15, 0.2) is 0 Å². The van der Waals surface area contributed by atoms with E-state index in [4.69, 9.17) is 0 Å². The Morgan fingerprint density at radius 1 is 1.26 bits per heavy atom. The van der Waals surface area contributed by atoms with E-state index >= 15 is 0 Å². The van der Waals surface area contributed by atoms with Crippen LogP contribution in [-0.2, 0) is 0 Å². The van der Waals surface area contributed by atoms with E-state index in [0.29, 0.717) is 11.5 Å². The molecule has 1 fully saturated rings. The maximum absolute atomic E-state index is 12.4. The zero-order valence-electron chi connectivity index (χ0n) is 13.4. The molecular weight excluding hydrogens is 354 g/mol. The lowest BCUT2D eigenvalue weighted by Crippen LogP contribution is -2.30. The molecule has 1 aromatic carbocycles. The molecule has 23 heavy (non-hydrogen) atoms. The Kier molecular flexibility index (Phi) is 5.16. The molecule has 5 heteroatoms. The summed E-state index contributed by atoms with van der Waals surface area (Å²) >= 11 is 3.43. The molecule has 1 aromatic heterocycles. The molecule has 0 radical (unpaired) electrons.